The summed E-state index contributed by atoms with van der Waals surface area (Å²) in [6, 6.07) is 15.6. The summed E-state index contributed by atoms with van der Waals surface area (Å²) in [5.41, 5.74) is 13.4. The van der Waals surface area contributed by atoms with Crippen LogP contribution in [0.5, 0.6) is 0 Å². The topological polar surface area (TPSA) is 26.0 Å². The van der Waals surface area contributed by atoms with Gasteiger partial charge in [-0.15, -0.1) is 0 Å². The molecule has 1 aliphatic carbocycles. The molecule has 3 rings (SSSR count). The van der Waals surface area contributed by atoms with E-state index in [-0.39, 0.29) is 6.04 Å². The third kappa shape index (κ3) is 3.03. The Morgan fingerprint density at radius 1 is 1.05 bits per heavy atom. The van der Waals surface area contributed by atoms with Crippen molar-refractivity contribution < 1.29 is 0 Å². The lowest BCUT2D eigenvalue weighted by atomic mass is 9.77. The summed E-state index contributed by atoms with van der Waals surface area (Å²) in [6.07, 6.45) is 4.94. The van der Waals surface area contributed by atoms with Crippen LogP contribution in [0.2, 0.25) is 0 Å². The van der Waals surface area contributed by atoms with Gasteiger partial charge >= 0.3 is 0 Å². The third-order valence-electron chi connectivity index (χ3n) is 4.97. The van der Waals surface area contributed by atoms with Crippen LogP contribution in [0.15, 0.2) is 42.5 Å². The van der Waals surface area contributed by atoms with Crippen LogP contribution in [0, 0.1) is 13.8 Å². The number of hydrogen-bond acceptors (Lipinski definition) is 1. The van der Waals surface area contributed by atoms with Gasteiger partial charge in [-0.05, 0) is 66.8 Å². The molecule has 0 bridgehead atoms. The standard InChI is InChI=1S/C20H25N/c1-14-10-11-16(12-15(14)2)13-20(21)19-9-4-3-8-18(19)17-6-5-7-17/h3-4,8-12,17,20H,5-7,13,21H2,1-2H3. The van der Waals surface area contributed by atoms with E-state index in [4.69, 9.17) is 5.73 Å². The predicted molar refractivity (Wildman–Crippen MR) is 89.6 cm³/mol. The van der Waals surface area contributed by atoms with Crippen LogP contribution in [0.4, 0.5) is 0 Å². The predicted octanol–water partition coefficient (Wildman–Crippen LogP) is 4.81. The van der Waals surface area contributed by atoms with Crippen LogP contribution >= 0.6 is 0 Å². The molecule has 110 valence electrons. The van der Waals surface area contributed by atoms with Gasteiger partial charge in [0.1, 0.15) is 0 Å². The summed E-state index contributed by atoms with van der Waals surface area (Å²) in [5, 5.41) is 0. The quantitative estimate of drug-likeness (QED) is 0.853. The van der Waals surface area contributed by atoms with Crippen molar-refractivity contribution in [3.8, 4) is 0 Å². The first-order valence-electron chi connectivity index (χ1n) is 8.05. The fourth-order valence-corrected chi connectivity index (χ4v) is 3.23. The summed E-state index contributed by atoms with van der Waals surface area (Å²) in [5.74, 6) is 0.743. The Labute approximate surface area is 128 Å². The SMILES string of the molecule is Cc1ccc(CC(N)c2ccccc2C2CCC2)cc1C. The molecule has 1 saturated carbocycles. The zero-order valence-corrected chi connectivity index (χ0v) is 13.1. The number of rotatable bonds is 4. The maximum absolute atomic E-state index is 6.53. The molecule has 1 nitrogen and oxygen atoms in total. The van der Waals surface area contributed by atoms with E-state index >= 15 is 0 Å². The van der Waals surface area contributed by atoms with Crippen molar-refractivity contribution in [3.05, 3.63) is 70.3 Å². The molecule has 1 aliphatic rings. The van der Waals surface area contributed by atoms with E-state index in [9.17, 15) is 0 Å². The van der Waals surface area contributed by atoms with E-state index in [2.05, 4.69) is 56.3 Å². The van der Waals surface area contributed by atoms with Gasteiger partial charge in [-0.3, -0.25) is 0 Å². The van der Waals surface area contributed by atoms with Crippen molar-refractivity contribution >= 4 is 0 Å². The normalized spacial score (nSPS) is 16.5. The van der Waals surface area contributed by atoms with E-state index in [1.54, 1.807) is 0 Å². The fraction of sp³-hybridized carbons (Fsp3) is 0.400. The van der Waals surface area contributed by atoms with Gasteiger partial charge in [-0.25, -0.2) is 0 Å². The van der Waals surface area contributed by atoms with Crippen LogP contribution in [-0.2, 0) is 6.42 Å². The van der Waals surface area contributed by atoms with Crippen LogP contribution in [-0.4, -0.2) is 0 Å². The molecule has 1 fully saturated rings. The second-order valence-electron chi connectivity index (χ2n) is 6.49. The average Bonchev–Trinajstić information content (AvgIpc) is 2.42. The smallest absolute Gasteiger partial charge is 0.0338 e. The van der Waals surface area contributed by atoms with Crippen molar-refractivity contribution in [3.63, 3.8) is 0 Å². The summed E-state index contributed by atoms with van der Waals surface area (Å²) < 4.78 is 0. The van der Waals surface area contributed by atoms with Crippen molar-refractivity contribution in [2.24, 2.45) is 5.73 Å². The maximum atomic E-state index is 6.53. The second-order valence-corrected chi connectivity index (χ2v) is 6.49. The average molecular weight is 279 g/mol. The first-order chi connectivity index (χ1) is 10.1. The minimum absolute atomic E-state index is 0.101. The Kier molecular flexibility index (Phi) is 4.12. The molecule has 0 aliphatic heterocycles. The highest BCUT2D eigenvalue weighted by Crippen LogP contribution is 2.39. The molecular weight excluding hydrogens is 254 g/mol. The van der Waals surface area contributed by atoms with Gasteiger partial charge < -0.3 is 5.73 Å². The van der Waals surface area contributed by atoms with E-state index in [1.165, 1.54) is 47.1 Å². The highest BCUT2D eigenvalue weighted by Gasteiger charge is 2.23. The molecule has 1 heteroatoms. The molecule has 1 atom stereocenters. The molecule has 0 spiro atoms. The minimum Gasteiger partial charge on any atom is -0.324 e. The molecule has 1 unspecified atom stereocenters. The van der Waals surface area contributed by atoms with Gasteiger partial charge in [0.25, 0.3) is 0 Å². The molecule has 0 radical (unpaired) electrons. The van der Waals surface area contributed by atoms with Crippen LogP contribution in [0.1, 0.15) is 59.0 Å². The molecule has 0 aromatic heterocycles. The van der Waals surface area contributed by atoms with Gasteiger partial charge in [0.15, 0.2) is 0 Å². The molecule has 2 aromatic rings. The Balaban J connectivity index is 1.81. The monoisotopic (exact) mass is 279 g/mol. The summed E-state index contributed by atoms with van der Waals surface area (Å²) in [6.45, 7) is 4.33. The van der Waals surface area contributed by atoms with Crippen molar-refractivity contribution in [2.45, 2.75) is 51.5 Å². The van der Waals surface area contributed by atoms with Gasteiger partial charge in [0.2, 0.25) is 0 Å². The maximum Gasteiger partial charge on any atom is 0.0338 e. The molecule has 0 heterocycles. The largest absolute Gasteiger partial charge is 0.324 e. The molecule has 2 N–H and O–H groups in total. The van der Waals surface area contributed by atoms with Gasteiger partial charge in [0.05, 0.1) is 0 Å². The number of nitrogens with two attached hydrogens (primary N) is 1. The summed E-state index contributed by atoms with van der Waals surface area (Å²) in [7, 11) is 0. The van der Waals surface area contributed by atoms with Crippen LogP contribution in [0.3, 0.4) is 0 Å². The zero-order valence-electron chi connectivity index (χ0n) is 13.1. The van der Waals surface area contributed by atoms with Crippen molar-refractivity contribution in [2.75, 3.05) is 0 Å². The van der Waals surface area contributed by atoms with E-state index in [0.29, 0.717) is 0 Å². The van der Waals surface area contributed by atoms with Crippen molar-refractivity contribution in [1.29, 1.82) is 0 Å². The van der Waals surface area contributed by atoms with E-state index < -0.39 is 0 Å². The number of benzene rings is 2. The molecule has 2 aromatic carbocycles. The Morgan fingerprint density at radius 2 is 1.81 bits per heavy atom. The van der Waals surface area contributed by atoms with Crippen LogP contribution < -0.4 is 5.73 Å². The highest BCUT2D eigenvalue weighted by atomic mass is 14.6. The van der Waals surface area contributed by atoms with Gasteiger partial charge in [-0.2, -0.15) is 0 Å². The first-order valence-corrected chi connectivity index (χ1v) is 8.05. The molecule has 0 saturated heterocycles. The number of aryl methyl sites for hydroxylation is 2. The van der Waals surface area contributed by atoms with Crippen molar-refractivity contribution in [1.82, 2.24) is 0 Å². The zero-order chi connectivity index (χ0) is 14.8. The van der Waals surface area contributed by atoms with Crippen LogP contribution in [0.25, 0.3) is 0 Å². The first kappa shape index (κ1) is 14.3. The molecule has 0 amide bonds. The summed E-state index contributed by atoms with van der Waals surface area (Å²) in [4.78, 5) is 0. The Morgan fingerprint density at radius 3 is 2.48 bits per heavy atom. The van der Waals surface area contributed by atoms with Gasteiger partial charge in [-0.1, -0.05) is 48.9 Å². The van der Waals surface area contributed by atoms with E-state index in [1.807, 2.05) is 0 Å². The minimum atomic E-state index is 0.101. The summed E-state index contributed by atoms with van der Waals surface area (Å²) >= 11 is 0. The molecule has 21 heavy (non-hydrogen) atoms. The second kappa shape index (κ2) is 6.03. The molecular formula is C20H25N. The Bertz CT molecular complexity index is 625. The Hall–Kier alpha value is -1.60. The van der Waals surface area contributed by atoms with Gasteiger partial charge in [0, 0.05) is 6.04 Å². The van der Waals surface area contributed by atoms with E-state index in [0.717, 1.165) is 12.3 Å². The lowest BCUT2D eigenvalue weighted by Crippen LogP contribution is -2.19. The fourth-order valence-electron chi connectivity index (χ4n) is 3.23. The highest BCUT2D eigenvalue weighted by molar-refractivity contribution is 5.36. The lowest BCUT2D eigenvalue weighted by molar-refractivity contribution is 0.415. The number of hydrogen-bond donors (Lipinski definition) is 1. The lowest BCUT2D eigenvalue weighted by Gasteiger charge is -2.29. The third-order valence-corrected chi connectivity index (χ3v) is 4.97.